The molecule has 16 heavy (non-hydrogen) atoms. The largest absolute Gasteiger partial charge is 0.380 e. The molecule has 0 saturated carbocycles. The molecular weight excluding hydrogens is 322 g/mol. The Bertz CT molecular complexity index is 436. The molecule has 0 radical (unpaired) electrons. The van der Waals surface area contributed by atoms with Gasteiger partial charge in [0.1, 0.15) is 5.82 Å². The lowest BCUT2D eigenvalue weighted by molar-refractivity contribution is -0.116. The first-order valence-electron chi connectivity index (χ1n) is 5.15. The van der Waals surface area contributed by atoms with Gasteiger partial charge in [-0.05, 0) is 35.1 Å². The van der Waals surface area contributed by atoms with E-state index in [1.165, 1.54) is 6.07 Å². The van der Waals surface area contributed by atoms with E-state index in [4.69, 9.17) is 0 Å². The zero-order valence-corrected chi connectivity index (χ0v) is 11.0. The van der Waals surface area contributed by atoms with Crippen LogP contribution in [0.5, 0.6) is 0 Å². The molecule has 0 aliphatic carbocycles. The number of hydrogen-bond acceptors (Lipinski definition) is 2. The van der Waals surface area contributed by atoms with E-state index in [0.29, 0.717) is 21.4 Å². The average molecular weight is 334 g/mol. The van der Waals surface area contributed by atoms with Crippen LogP contribution < -0.4 is 10.6 Å². The minimum absolute atomic E-state index is 0.0273. The second-order valence-electron chi connectivity index (χ2n) is 3.81. The summed E-state index contributed by atoms with van der Waals surface area (Å²) in [5.41, 5.74) is 1.32. The van der Waals surface area contributed by atoms with E-state index in [2.05, 4.69) is 10.6 Å². The highest BCUT2D eigenvalue weighted by Gasteiger charge is 2.20. The molecule has 1 aromatic rings. The predicted molar refractivity (Wildman–Crippen MR) is 70.1 cm³/mol. The van der Waals surface area contributed by atoms with Gasteiger partial charge in [-0.3, -0.25) is 4.79 Å². The van der Waals surface area contributed by atoms with Gasteiger partial charge in [-0.15, -0.1) is 0 Å². The lowest BCUT2D eigenvalue weighted by atomic mass is 10.1. The molecule has 1 aliphatic heterocycles. The number of nitrogens with one attached hydrogen (secondary N) is 2. The Kier molecular flexibility index (Phi) is 3.32. The Labute approximate surface area is 107 Å². The number of amides is 1. The van der Waals surface area contributed by atoms with Crippen LogP contribution >= 0.6 is 22.6 Å². The van der Waals surface area contributed by atoms with Crippen molar-refractivity contribution in [2.45, 2.75) is 25.8 Å². The van der Waals surface area contributed by atoms with Crippen LogP contribution in [-0.2, 0) is 4.79 Å². The molecule has 1 unspecified atom stereocenters. The van der Waals surface area contributed by atoms with Crippen molar-refractivity contribution >= 4 is 39.9 Å². The fourth-order valence-corrected chi connectivity index (χ4v) is 2.18. The molecule has 0 spiro atoms. The Balaban J connectivity index is 2.42. The van der Waals surface area contributed by atoms with Gasteiger partial charge in [-0.1, -0.05) is 6.92 Å². The van der Waals surface area contributed by atoms with E-state index < -0.39 is 0 Å². The van der Waals surface area contributed by atoms with Gasteiger partial charge in [0, 0.05) is 18.5 Å². The number of carbonyl (C=O) groups is 1. The van der Waals surface area contributed by atoms with Gasteiger partial charge in [-0.25, -0.2) is 4.39 Å². The Morgan fingerprint density at radius 3 is 2.94 bits per heavy atom. The lowest BCUT2D eigenvalue weighted by Gasteiger charge is -2.14. The van der Waals surface area contributed by atoms with Crippen molar-refractivity contribution in [1.82, 2.24) is 0 Å². The number of hydrogen-bond donors (Lipinski definition) is 2. The SMILES string of the molecule is CCC1CC(=O)Nc2cc(I)c(F)cc2N1. The van der Waals surface area contributed by atoms with Crippen LogP contribution in [0.25, 0.3) is 0 Å². The molecule has 0 saturated heterocycles. The van der Waals surface area contributed by atoms with E-state index in [0.717, 1.165) is 6.42 Å². The van der Waals surface area contributed by atoms with Crippen LogP contribution in [0.2, 0.25) is 0 Å². The second-order valence-corrected chi connectivity index (χ2v) is 4.98. The minimum atomic E-state index is -0.266. The highest BCUT2D eigenvalue weighted by molar-refractivity contribution is 14.1. The van der Waals surface area contributed by atoms with Gasteiger partial charge < -0.3 is 10.6 Å². The van der Waals surface area contributed by atoms with Gasteiger partial charge in [-0.2, -0.15) is 0 Å². The zero-order chi connectivity index (χ0) is 11.7. The molecule has 2 N–H and O–H groups in total. The lowest BCUT2D eigenvalue weighted by Crippen LogP contribution is -2.21. The summed E-state index contributed by atoms with van der Waals surface area (Å²) < 4.78 is 13.9. The van der Waals surface area contributed by atoms with Crippen LogP contribution in [0, 0.1) is 9.39 Å². The predicted octanol–water partition coefficient (Wildman–Crippen LogP) is 2.96. The Hall–Kier alpha value is -0.850. The molecule has 0 fully saturated rings. The van der Waals surface area contributed by atoms with Crippen molar-refractivity contribution in [2.24, 2.45) is 0 Å². The first kappa shape index (κ1) is 11.6. The first-order valence-corrected chi connectivity index (χ1v) is 6.23. The third kappa shape index (κ3) is 2.28. The van der Waals surface area contributed by atoms with E-state index in [1.54, 1.807) is 6.07 Å². The van der Waals surface area contributed by atoms with Gasteiger partial charge in [0.15, 0.2) is 0 Å². The van der Waals surface area contributed by atoms with E-state index in [1.807, 2.05) is 29.5 Å². The molecule has 0 aromatic heterocycles. The summed E-state index contributed by atoms with van der Waals surface area (Å²) in [6.07, 6.45) is 1.25. The molecule has 3 nitrogen and oxygen atoms in total. The molecule has 1 atom stereocenters. The maximum Gasteiger partial charge on any atom is 0.226 e. The molecule has 1 aliphatic rings. The van der Waals surface area contributed by atoms with Crippen LogP contribution in [-0.4, -0.2) is 11.9 Å². The summed E-state index contributed by atoms with van der Waals surface area (Å²) in [6.45, 7) is 2.00. The Morgan fingerprint density at radius 2 is 2.25 bits per heavy atom. The quantitative estimate of drug-likeness (QED) is 0.776. The standard InChI is InChI=1S/C11H12FIN2O/c1-2-6-3-11(16)15-10-5-8(13)7(12)4-9(10)14-6/h4-6,14H,2-3H2,1H3,(H,15,16). The number of anilines is 2. The van der Waals surface area contributed by atoms with E-state index in [-0.39, 0.29) is 17.8 Å². The third-order valence-electron chi connectivity index (χ3n) is 2.62. The van der Waals surface area contributed by atoms with Crippen molar-refractivity contribution in [3.8, 4) is 0 Å². The van der Waals surface area contributed by atoms with Crippen molar-refractivity contribution in [3.63, 3.8) is 0 Å². The highest BCUT2D eigenvalue weighted by Crippen LogP contribution is 2.30. The van der Waals surface area contributed by atoms with Crippen molar-refractivity contribution in [1.29, 1.82) is 0 Å². The number of rotatable bonds is 1. The number of benzene rings is 1. The topological polar surface area (TPSA) is 41.1 Å². The maximum absolute atomic E-state index is 13.4. The minimum Gasteiger partial charge on any atom is -0.380 e. The Morgan fingerprint density at radius 1 is 1.50 bits per heavy atom. The van der Waals surface area contributed by atoms with Gasteiger partial charge in [0.25, 0.3) is 0 Å². The maximum atomic E-state index is 13.4. The number of halogens is 2. The summed E-state index contributed by atoms with van der Waals surface area (Å²) >= 11 is 1.91. The van der Waals surface area contributed by atoms with Crippen molar-refractivity contribution in [2.75, 3.05) is 10.6 Å². The summed E-state index contributed by atoms with van der Waals surface area (Å²) in [6, 6.07) is 3.15. The molecule has 86 valence electrons. The van der Waals surface area contributed by atoms with Crippen molar-refractivity contribution in [3.05, 3.63) is 21.5 Å². The van der Waals surface area contributed by atoms with Crippen molar-refractivity contribution < 1.29 is 9.18 Å². The van der Waals surface area contributed by atoms with E-state index in [9.17, 15) is 9.18 Å². The average Bonchev–Trinajstić information content (AvgIpc) is 2.37. The number of fused-ring (bicyclic) bond motifs is 1. The third-order valence-corrected chi connectivity index (χ3v) is 3.45. The molecular formula is C11H12FIN2O. The number of carbonyl (C=O) groups excluding carboxylic acids is 1. The van der Waals surface area contributed by atoms with E-state index >= 15 is 0 Å². The summed E-state index contributed by atoms with van der Waals surface area (Å²) in [7, 11) is 0. The summed E-state index contributed by atoms with van der Waals surface area (Å²) in [5, 5.41) is 5.96. The molecule has 2 rings (SSSR count). The first-order chi connectivity index (χ1) is 7.60. The smallest absolute Gasteiger partial charge is 0.226 e. The van der Waals surface area contributed by atoms with Crippen LogP contribution in [0.15, 0.2) is 12.1 Å². The van der Waals surface area contributed by atoms with Gasteiger partial charge >= 0.3 is 0 Å². The molecule has 0 bridgehead atoms. The van der Waals surface area contributed by atoms with Crippen LogP contribution in [0.1, 0.15) is 19.8 Å². The monoisotopic (exact) mass is 334 g/mol. The highest BCUT2D eigenvalue weighted by atomic mass is 127. The fourth-order valence-electron chi connectivity index (χ4n) is 1.71. The zero-order valence-electron chi connectivity index (χ0n) is 8.81. The molecule has 1 heterocycles. The van der Waals surface area contributed by atoms with Gasteiger partial charge in [0.2, 0.25) is 5.91 Å². The fraction of sp³-hybridized carbons (Fsp3) is 0.364. The summed E-state index contributed by atoms with van der Waals surface area (Å²) in [5.74, 6) is -0.293. The second kappa shape index (κ2) is 4.57. The molecule has 1 amide bonds. The molecule has 5 heteroatoms. The summed E-state index contributed by atoms with van der Waals surface area (Å²) in [4.78, 5) is 11.6. The van der Waals surface area contributed by atoms with Crippen LogP contribution in [0.4, 0.5) is 15.8 Å². The van der Waals surface area contributed by atoms with Gasteiger partial charge in [0.05, 0.1) is 14.9 Å². The van der Waals surface area contributed by atoms with Crippen LogP contribution in [0.3, 0.4) is 0 Å². The molecule has 1 aromatic carbocycles. The normalized spacial score (nSPS) is 19.4.